The minimum Gasteiger partial charge on any atom is -0.481 e. The second-order valence-electron chi connectivity index (χ2n) is 1.27. The third kappa shape index (κ3) is 5.52. The molecule has 3 nitrogen and oxygen atoms in total. The van der Waals surface area contributed by atoms with Crippen molar-refractivity contribution < 1.29 is 15.3 Å². The Balaban J connectivity index is 3.45. The minimum atomic E-state index is -0.803. The van der Waals surface area contributed by atoms with Gasteiger partial charge < -0.3 is 15.3 Å². The zero-order chi connectivity index (χ0) is 5.86. The highest BCUT2D eigenvalue weighted by Gasteiger charge is 1.88. The fourth-order valence-corrected chi connectivity index (χ4v) is 0.514. The molecule has 0 aliphatic carbocycles. The Morgan fingerprint density at radius 1 is 1.57 bits per heavy atom. The summed E-state index contributed by atoms with van der Waals surface area (Å²) in [4.78, 5) is 0. The predicted molar refractivity (Wildman–Crippen MR) is 29.3 cm³/mol. The summed E-state index contributed by atoms with van der Waals surface area (Å²) in [6.07, 6.45) is 0.978. The van der Waals surface area contributed by atoms with Gasteiger partial charge in [-0.2, -0.15) is 0 Å². The van der Waals surface area contributed by atoms with Crippen LogP contribution in [-0.2, 0) is 0 Å². The predicted octanol–water partition coefficient (Wildman–Crippen LogP) is -1.37. The van der Waals surface area contributed by atoms with Crippen LogP contribution >= 0.6 is 0 Å². The second kappa shape index (κ2) is 2.65. The first-order valence-corrected chi connectivity index (χ1v) is 3.06. The summed E-state index contributed by atoms with van der Waals surface area (Å²) in [5.74, 6) is -0.803. The highest BCUT2D eigenvalue weighted by Crippen LogP contribution is 1.81. The molecule has 0 spiro atoms. The molecule has 1 atom stereocenters. The summed E-state index contributed by atoms with van der Waals surface area (Å²) >= 11 is 0. The van der Waals surface area contributed by atoms with E-state index in [1.54, 1.807) is 0 Å². The molecule has 4 heteroatoms. The van der Waals surface area contributed by atoms with E-state index in [0.29, 0.717) is 10.2 Å². The van der Waals surface area contributed by atoms with Gasteiger partial charge in [0.1, 0.15) is 0 Å². The number of aliphatic hydroxyl groups excluding tert-OH is 2. The van der Waals surface area contributed by atoms with Gasteiger partial charge in [-0.3, -0.25) is 0 Å². The number of rotatable bonds is 1. The van der Waals surface area contributed by atoms with Crippen LogP contribution < -0.4 is 0 Å². The summed E-state index contributed by atoms with van der Waals surface area (Å²) in [5.41, 5.74) is -0.648. The van der Waals surface area contributed by atoms with Gasteiger partial charge in [0.15, 0.2) is 0 Å². The van der Waals surface area contributed by atoms with Crippen LogP contribution in [0.4, 0.5) is 0 Å². The number of hydrogen-bond donors (Lipinski definition) is 3. The normalized spacial score (nSPS) is 13.3. The van der Waals surface area contributed by atoms with Crippen LogP contribution in [0.25, 0.3) is 0 Å². The highest BCUT2D eigenvalue weighted by atomic mass is 28.1. The lowest BCUT2D eigenvalue weighted by Crippen LogP contribution is -2.00. The molecule has 0 aromatic rings. The van der Waals surface area contributed by atoms with Crippen LogP contribution in [0.2, 0.25) is 0 Å². The van der Waals surface area contributed by atoms with Crippen LogP contribution in [-0.4, -0.2) is 31.3 Å². The van der Waals surface area contributed by atoms with Crippen molar-refractivity contribution in [1.29, 1.82) is 0 Å². The monoisotopic (exact) mass is 120 g/mol. The first kappa shape index (κ1) is 6.52. The van der Waals surface area contributed by atoms with E-state index in [4.69, 9.17) is 15.3 Å². The van der Waals surface area contributed by atoms with Gasteiger partial charge in [-0.05, 0) is 0 Å². The van der Waals surface area contributed by atoms with E-state index < -0.39 is 11.7 Å². The Morgan fingerprint density at radius 2 is 2.00 bits per heavy atom. The van der Waals surface area contributed by atoms with Crippen LogP contribution in [0.1, 0.15) is 0 Å². The van der Waals surface area contributed by atoms with Gasteiger partial charge >= 0.3 is 0 Å². The van der Waals surface area contributed by atoms with Crippen LogP contribution in [0.5, 0.6) is 0 Å². The lowest BCUT2D eigenvalue weighted by molar-refractivity contribution is 0.180. The molecule has 3 N–H and O–H groups in total. The zero-order valence-corrected chi connectivity index (χ0v) is 6.00. The van der Waals surface area contributed by atoms with Gasteiger partial charge in [0.2, 0.25) is 0 Å². The van der Waals surface area contributed by atoms with Crippen molar-refractivity contribution in [2.24, 2.45) is 0 Å². The molecule has 0 aliphatic heterocycles. The molecule has 42 valence electrons. The van der Waals surface area contributed by atoms with Crippen molar-refractivity contribution in [3.8, 4) is 0 Å². The van der Waals surface area contributed by atoms with E-state index in [2.05, 4.69) is 0 Å². The molecule has 1 unspecified atom stereocenters. The largest absolute Gasteiger partial charge is 0.481 e. The maximum absolute atomic E-state index is 8.39. The van der Waals surface area contributed by atoms with Crippen molar-refractivity contribution >= 4 is 10.2 Å². The average Bonchev–Trinajstić information content (AvgIpc) is 1.27. The first-order chi connectivity index (χ1) is 3.13. The van der Waals surface area contributed by atoms with E-state index in [0.717, 1.165) is 6.08 Å². The highest BCUT2D eigenvalue weighted by molar-refractivity contribution is 6.12. The molecular formula is C3H8O3Si. The quantitative estimate of drug-likeness (QED) is 0.295. The molecule has 0 saturated heterocycles. The maximum Gasteiger partial charge on any atom is 0.272 e. The molecule has 0 aromatic heterocycles. The van der Waals surface area contributed by atoms with E-state index in [1.165, 1.54) is 0 Å². The molecule has 0 aliphatic rings. The fourth-order valence-electron chi connectivity index (χ4n) is 0.216. The molecule has 0 heterocycles. The summed E-state index contributed by atoms with van der Waals surface area (Å²) in [7, 11) is 0.526. The van der Waals surface area contributed by atoms with Crippen molar-refractivity contribution in [2.45, 2.75) is 5.73 Å². The Bertz CT molecular complexity index is 74.2. The summed E-state index contributed by atoms with van der Waals surface area (Å²) in [6, 6.07) is 0. The van der Waals surface area contributed by atoms with Crippen LogP contribution in [0, 0.1) is 0 Å². The van der Waals surface area contributed by atoms with Gasteiger partial charge in [-0.25, -0.2) is 0 Å². The van der Waals surface area contributed by atoms with Crippen molar-refractivity contribution in [3.63, 3.8) is 0 Å². The summed E-state index contributed by atoms with van der Waals surface area (Å²) < 4.78 is 0. The van der Waals surface area contributed by atoms with Gasteiger partial charge in [0, 0.05) is 16.3 Å². The average molecular weight is 120 g/mol. The SMILES string of the molecule is OC(O)=CC(O)[SiH3]. The maximum atomic E-state index is 8.39. The lowest BCUT2D eigenvalue weighted by Gasteiger charge is -1.90. The summed E-state index contributed by atoms with van der Waals surface area (Å²) in [6.45, 7) is 0. The smallest absolute Gasteiger partial charge is 0.272 e. The topological polar surface area (TPSA) is 60.7 Å². The Labute approximate surface area is 44.3 Å². The number of hydrogen-bond acceptors (Lipinski definition) is 3. The Hall–Kier alpha value is -0.483. The molecule has 0 fully saturated rings. The Kier molecular flexibility index (Phi) is 2.47. The van der Waals surface area contributed by atoms with E-state index in [1.807, 2.05) is 0 Å². The van der Waals surface area contributed by atoms with Crippen molar-refractivity contribution in [3.05, 3.63) is 12.0 Å². The van der Waals surface area contributed by atoms with Crippen LogP contribution in [0.3, 0.4) is 0 Å². The molecule has 0 amide bonds. The molecule has 0 aromatic carbocycles. The minimum absolute atomic E-state index is 0.526. The number of aliphatic hydroxyl groups is 3. The molecular weight excluding hydrogens is 112 g/mol. The van der Waals surface area contributed by atoms with E-state index in [9.17, 15) is 0 Å². The first-order valence-electron chi connectivity index (χ1n) is 1.90. The van der Waals surface area contributed by atoms with Crippen molar-refractivity contribution in [1.82, 2.24) is 0 Å². The fraction of sp³-hybridized carbons (Fsp3) is 0.333. The second-order valence-corrected chi connectivity index (χ2v) is 2.45. The molecule has 0 rings (SSSR count). The van der Waals surface area contributed by atoms with Crippen molar-refractivity contribution in [2.75, 3.05) is 0 Å². The third-order valence-electron chi connectivity index (χ3n) is 0.390. The molecule has 0 radical (unpaired) electrons. The van der Waals surface area contributed by atoms with Gasteiger partial charge in [0.05, 0.1) is 5.73 Å². The third-order valence-corrected chi connectivity index (χ3v) is 0.724. The summed E-state index contributed by atoms with van der Waals surface area (Å²) in [5, 5.41) is 24.4. The Morgan fingerprint density at radius 3 is 2.00 bits per heavy atom. The van der Waals surface area contributed by atoms with E-state index >= 15 is 0 Å². The van der Waals surface area contributed by atoms with Gasteiger partial charge in [-0.15, -0.1) is 0 Å². The van der Waals surface area contributed by atoms with Gasteiger partial charge in [-0.1, -0.05) is 0 Å². The van der Waals surface area contributed by atoms with Crippen LogP contribution in [0.15, 0.2) is 12.0 Å². The molecule has 7 heavy (non-hydrogen) atoms. The van der Waals surface area contributed by atoms with E-state index in [-0.39, 0.29) is 0 Å². The molecule has 0 saturated carbocycles. The zero-order valence-electron chi connectivity index (χ0n) is 4.00. The lowest BCUT2D eigenvalue weighted by atomic mass is 10.6. The standard InChI is InChI=1S/C3H8O3Si/c4-2(5)1-3(6)7/h1,3-6H,7H3. The van der Waals surface area contributed by atoms with Gasteiger partial charge in [0.25, 0.3) is 5.95 Å². The molecule has 0 bridgehead atoms.